The van der Waals surface area contributed by atoms with Crippen molar-refractivity contribution in [2.24, 2.45) is 0 Å². The first-order valence-electron chi connectivity index (χ1n) is 6.05. The molecule has 8 heteroatoms. The first kappa shape index (κ1) is 15.6. The van der Waals surface area contributed by atoms with Crippen molar-refractivity contribution in [3.63, 3.8) is 0 Å². The predicted octanol–water partition coefficient (Wildman–Crippen LogP) is -1.25. The molecule has 0 unspecified atom stereocenters. The Balaban J connectivity index is 2.46. The fraction of sp³-hybridized carbons (Fsp3) is 0.462. The second kappa shape index (κ2) is 5.18. The van der Waals surface area contributed by atoms with E-state index in [1.54, 1.807) is 0 Å². The lowest BCUT2D eigenvalue weighted by molar-refractivity contribution is -0.212. The predicted molar refractivity (Wildman–Crippen MR) is 66.1 cm³/mol. The first-order chi connectivity index (χ1) is 9.78. The number of hydrogen-bond acceptors (Lipinski definition) is 6. The van der Waals surface area contributed by atoms with Crippen LogP contribution in [0.1, 0.15) is 6.42 Å². The monoisotopic (exact) mass is 299 g/mol. The van der Waals surface area contributed by atoms with Crippen molar-refractivity contribution in [3.05, 3.63) is 30.7 Å². The van der Waals surface area contributed by atoms with Gasteiger partial charge in [0.25, 0.3) is 5.85 Å². The molecule has 2 aliphatic heterocycles. The molecule has 0 aromatic heterocycles. The molecule has 0 spiro atoms. The van der Waals surface area contributed by atoms with Crippen LogP contribution in [0.15, 0.2) is 30.7 Å². The van der Waals surface area contributed by atoms with Gasteiger partial charge in [0, 0.05) is 6.20 Å². The SMILES string of the molecule is C=C=C[C@]1(O)[C@H](N2C=CC(=O)CC2=O)O[C@](F)(CO)[C@H]1O. The van der Waals surface area contributed by atoms with Crippen LogP contribution in [0.2, 0.25) is 0 Å². The largest absolute Gasteiger partial charge is 0.390 e. The van der Waals surface area contributed by atoms with E-state index in [0.717, 1.165) is 23.3 Å². The van der Waals surface area contributed by atoms with Crippen molar-refractivity contribution in [2.45, 2.75) is 30.2 Å². The molecule has 0 aromatic rings. The Bertz CT molecular complexity index is 557. The normalized spacial score (nSPS) is 39.5. The molecule has 3 N–H and O–H groups in total. The van der Waals surface area contributed by atoms with Crippen LogP contribution >= 0.6 is 0 Å². The lowest BCUT2D eigenvalue weighted by Gasteiger charge is -2.34. The van der Waals surface area contributed by atoms with Crippen molar-refractivity contribution < 1.29 is 34.0 Å². The number of nitrogens with zero attached hydrogens (tertiary/aromatic N) is 1. The number of halogens is 1. The van der Waals surface area contributed by atoms with Gasteiger partial charge in [0.05, 0.1) is 6.42 Å². The van der Waals surface area contributed by atoms with E-state index >= 15 is 0 Å². The van der Waals surface area contributed by atoms with Crippen molar-refractivity contribution in [1.82, 2.24) is 4.90 Å². The molecule has 2 heterocycles. The maximum atomic E-state index is 14.3. The molecule has 2 aliphatic rings. The number of aliphatic hydroxyl groups excluding tert-OH is 2. The highest BCUT2D eigenvalue weighted by Gasteiger charge is 2.65. The van der Waals surface area contributed by atoms with E-state index in [4.69, 9.17) is 9.84 Å². The molecule has 21 heavy (non-hydrogen) atoms. The molecule has 4 atom stereocenters. The average molecular weight is 299 g/mol. The van der Waals surface area contributed by atoms with Gasteiger partial charge in [0.2, 0.25) is 5.91 Å². The van der Waals surface area contributed by atoms with Gasteiger partial charge in [0.1, 0.15) is 6.61 Å². The first-order valence-corrected chi connectivity index (χ1v) is 6.05. The molecule has 1 amide bonds. The van der Waals surface area contributed by atoms with Gasteiger partial charge in [-0.3, -0.25) is 14.5 Å². The minimum atomic E-state index is -2.97. The van der Waals surface area contributed by atoms with Crippen LogP contribution in [-0.4, -0.2) is 62.3 Å². The van der Waals surface area contributed by atoms with Crippen LogP contribution in [0.3, 0.4) is 0 Å². The molecule has 0 radical (unpaired) electrons. The van der Waals surface area contributed by atoms with E-state index in [1.807, 2.05) is 0 Å². The Morgan fingerprint density at radius 3 is 2.81 bits per heavy atom. The summed E-state index contributed by atoms with van der Waals surface area (Å²) in [6.07, 6.45) is -1.39. The van der Waals surface area contributed by atoms with Crippen molar-refractivity contribution in [3.8, 4) is 0 Å². The van der Waals surface area contributed by atoms with Crippen LogP contribution in [-0.2, 0) is 14.3 Å². The number of carbonyl (C=O) groups excluding carboxylic acids is 2. The fourth-order valence-corrected chi connectivity index (χ4v) is 2.30. The topological polar surface area (TPSA) is 107 Å². The summed E-state index contributed by atoms with van der Waals surface area (Å²) in [6, 6.07) is 0. The van der Waals surface area contributed by atoms with Gasteiger partial charge in [-0.25, -0.2) is 4.39 Å². The molecule has 1 fully saturated rings. The lowest BCUT2D eigenvalue weighted by Crippen LogP contribution is -2.55. The molecule has 114 valence electrons. The Kier molecular flexibility index (Phi) is 3.83. The van der Waals surface area contributed by atoms with E-state index in [2.05, 4.69) is 12.3 Å². The van der Waals surface area contributed by atoms with Crippen LogP contribution in [0, 0.1) is 0 Å². The summed E-state index contributed by atoms with van der Waals surface area (Å²) in [7, 11) is 0. The minimum Gasteiger partial charge on any atom is -0.390 e. The zero-order chi connectivity index (χ0) is 15.8. The van der Waals surface area contributed by atoms with Gasteiger partial charge >= 0.3 is 0 Å². The minimum absolute atomic E-state index is 0.453. The third-order valence-corrected chi connectivity index (χ3v) is 3.39. The van der Waals surface area contributed by atoms with E-state index in [1.165, 1.54) is 0 Å². The Morgan fingerprint density at radius 2 is 2.29 bits per heavy atom. The highest BCUT2D eigenvalue weighted by Crippen LogP contribution is 2.42. The summed E-state index contributed by atoms with van der Waals surface area (Å²) in [6.45, 7) is 1.99. The summed E-state index contributed by atoms with van der Waals surface area (Å²) in [4.78, 5) is 23.8. The standard InChI is InChI=1S/C13H14FNO6/c1-2-4-12(20)10(19)13(14,7-16)21-11(12)15-5-3-8(17)6-9(15)18/h3-5,10-11,16,19-20H,1,6-7H2/t10-,11+,12+,13+/m0/s1. The summed E-state index contributed by atoms with van der Waals surface area (Å²) in [5, 5.41) is 29.3. The zero-order valence-corrected chi connectivity index (χ0v) is 10.9. The summed E-state index contributed by atoms with van der Waals surface area (Å²) in [5.74, 6) is -4.16. The van der Waals surface area contributed by atoms with Gasteiger partial charge in [-0.15, -0.1) is 5.73 Å². The molecule has 0 saturated carbocycles. The Morgan fingerprint density at radius 1 is 1.62 bits per heavy atom. The molecule has 0 aliphatic carbocycles. The maximum absolute atomic E-state index is 14.3. The molecule has 7 nitrogen and oxygen atoms in total. The van der Waals surface area contributed by atoms with Crippen molar-refractivity contribution in [2.75, 3.05) is 6.61 Å². The summed E-state index contributed by atoms with van der Waals surface area (Å²) >= 11 is 0. The van der Waals surface area contributed by atoms with Crippen LogP contribution < -0.4 is 0 Å². The lowest BCUT2D eigenvalue weighted by atomic mass is 9.92. The second-order valence-corrected chi connectivity index (χ2v) is 4.81. The van der Waals surface area contributed by atoms with Crippen LogP contribution in [0.5, 0.6) is 0 Å². The Labute approximate surface area is 119 Å². The van der Waals surface area contributed by atoms with Gasteiger partial charge in [-0.05, 0) is 12.2 Å². The van der Waals surface area contributed by atoms with Gasteiger partial charge < -0.3 is 20.1 Å². The number of aliphatic hydroxyl groups is 3. The van der Waals surface area contributed by atoms with Gasteiger partial charge in [0.15, 0.2) is 23.7 Å². The average Bonchev–Trinajstić information content (AvgIpc) is 2.62. The maximum Gasteiger partial charge on any atom is 0.263 e. The quantitative estimate of drug-likeness (QED) is 0.444. The smallest absolute Gasteiger partial charge is 0.263 e. The molecule has 2 rings (SSSR count). The molecule has 1 saturated heterocycles. The third-order valence-electron chi connectivity index (χ3n) is 3.39. The molecule has 0 aromatic carbocycles. The fourth-order valence-electron chi connectivity index (χ4n) is 2.30. The number of ether oxygens (including phenoxy) is 1. The van der Waals surface area contributed by atoms with E-state index in [-0.39, 0.29) is 0 Å². The number of amides is 1. The second-order valence-electron chi connectivity index (χ2n) is 4.81. The highest BCUT2D eigenvalue weighted by atomic mass is 19.2. The zero-order valence-electron chi connectivity index (χ0n) is 10.9. The number of carbonyl (C=O) groups is 2. The van der Waals surface area contributed by atoms with Crippen LogP contribution in [0.25, 0.3) is 0 Å². The highest BCUT2D eigenvalue weighted by molar-refractivity contribution is 6.06. The summed E-state index contributed by atoms with van der Waals surface area (Å²) < 4.78 is 19.1. The van der Waals surface area contributed by atoms with Crippen LogP contribution in [0.4, 0.5) is 4.39 Å². The molecular formula is C13H14FNO6. The number of rotatable bonds is 3. The van der Waals surface area contributed by atoms with E-state index < -0.39 is 48.5 Å². The number of hydrogen-bond donors (Lipinski definition) is 3. The van der Waals surface area contributed by atoms with Crippen molar-refractivity contribution >= 4 is 11.7 Å². The van der Waals surface area contributed by atoms with Crippen molar-refractivity contribution in [1.29, 1.82) is 0 Å². The number of allylic oxidation sites excluding steroid dienone is 1. The van der Waals surface area contributed by atoms with Gasteiger partial charge in [-0.2, -0.15) is 0 Å². The van der Waals surface area contributed by atoms with E-state index in [0.29, 0.717) is 0 Å². The molecule has 0 bridgehead atoms. The van der Waals surface area contributed by atoms with Gasteiger partial charge in [-0.1, -0.05) is 6.58 Å². The number of ketones is 1. The Hall–Kier alpha value is -1.83. The van der Waals surface area contributed by atoms with E-state index in [9.17, 15) is 24.2 Å². The molecular weight excluding hydrogens is 285 g/mol. The summed E-state index contributed by atoms with van der Waals surface area (Å²) in [5.41, 5.74) is -0.183. The number of alkyl halides is 1. The third kappa shape index (κ3) is 2.33.